The summed E-state index contributed by atoms with van der Waals surface area (Å²) >= 11 is 0. The van der Waals surface area contributed by atoms with E-state index in [9.17, 15) is 13.2 Å². The first-order valence-electron chi connectivity index (χ1n) is 9.10. The number of anilines is 1. The zero-order chi connectivity index (χ0) is 19.3. The van der Waals surface area contributed by atoms with Gasteiger partial charge in [0.15, 0.2) is 0 Å². The van der Waals surface area contributed by atoms with Gasteiger partial charge in [-0.1, -0.05) is 29.8 Å². The molecule has 2 aromatic carbocycles. The molecule has 0 atom stereocenters. The normalized spacial score (nSPS) is 14.3. The van der Waals surface area contributed by atoms with Gasteiger partial charge >= 0.3 is 0 Å². The molecule has 0 heterocycles. The van der Waals surface area contributed by atoms with Crippen molar-refractivity contribution in [3.8, 4) is 0 Å². The third-order valence-corrected chi connectivity index (χ3v) is 6.03. The van der Waals surface area contributed by atoms with Crippen LogP contribution in [0.5, 0.6) is 0 Å². The van der Waals surface area contributed by atoms with Crippen LogP contribution in [-0.2, 0) is 10.0 Å². The maximum atomic E-state index is 12.5. The van der Waals surface area contributed by atoms with Crippen molar-refractivity contribution in [2.45, 2.75) is 37.5 Å². The van der Waals surface area contributed by atoms with E-state index in [1.54, 1.807) is 55.5 Å². The fraction of sp³-hybridized carbons (Fsp3) is 0.286. The number of carbonyl (C=O) groups excluding carboxylic acids is 1. The van der Waals surface area contributed by atoms with E-state index in [0.717, 1.165) is 12.8 Å². The summed E-state index contributed by atoms with van der Waals surface area (Å²) in [6.45, 7) is 2.35. The molecule has 0 aliphatic heterocycles. The molecule has 0 radical (unpaired) electrons. The Hall–Kier alpha value is -2.60. The molecule has 0 unspecified atom stereocenters. The van der Waals surface area contributed by atoms with Gasteiger partial charge in [0.05, 0.1) is 10.6 Å². The lowest BCUT2D eigenvalue weighted by Gasteiger charge is -2.14. The van der Waals surface area contributed by atoms with E-state index in [1.165, 1.54) is 18.4 Å². The Morgan fingerprint density at radius 2 is 1.85 bits per heavy atom. The molecule has 2 N–H and O–H groups in total. The van der Waals surface area contributed by atoms with Crippen molar-refractivity contribution in [3.63, 3.8) is 0 Å². The van der Waals surface area contributed by atoms with Crippen LogP contribution in [0.3, 0.4) is 0 Å². The molecule has 0 bridgehead atoms. The first-order chi connectivity index (χ1) is 13.0. The van der Waals surface area contributed by atoms with Gasteiger partial charge in [0, 0.05) is 12.1 Å². The monoisotopic (exact) mass is 384 g/mol. The average molecular weight is 385 g/mol. The number of carbonyl (C=O) groups is 1. The molecule has 142 valence electrons. The number of allylic oxidation sites excluding steroid dienone is 1. The van der Waals surface area contributed by atoms with Crippen LogP contribution in [0.2, 0.25) is 0 Å². The van der Waals surface area contributed by atoms with Gasteiger partial charge in [0.1, 0.15) is 0 Å². The first kappa shape index (κ1) is 19.2. The summed E-state index contributed by atoms with van der Waals surface area (Å²) in [5.41, 5.74) is 2.95. The molecule has 0 saturated heterocycles. The van der Waals surface area contributed by atoms with Crippen molar-refractivity contribution in [2.75, 3.05) is 11.3 Å². The first-order valence-corrected chi connectivity index (χ1v) is 10.6. The van der Waals surface area contributed by atoms with Gasteiger partial charge in [0.2, 0.25) is 0 Å². The van der Waals surface area contributed by atoms with Gasteiger partial charge in [-0.3, -0.25) is 9.52 Å². The predicted molar refractivity (Wildman–Crippen MR) is 107 cm³/mol. The second-order valence-corrected chi connectivity index (χ2v) is 8.42. The third-order valence-electron chi connectivity index (χ3n) is 4.65. The number of nitrogens with one attached hydrogen (secondary N) is 2. The number of hydrogen-bond acceptors (Lipinski definition) is 3. The largest absolute Gasteiger partial charge is 0.348 e. The minimum atomic E-state index is -3.65. The minimum absolute atomic E-state index is 0.151. The highest BCUT2D eigenvalue weighted by Gasteiger charge is 2.16. The van der Waals surface area contributed by atoms with Gasteiger partial charge in [-0.15, -0.1) is 0 Å². The molecule has 27 heavy (non-hydrogen) atoms. The Morgan fingerprint density at radius 3 is 2.52 bits per heavy atom. The summed E-state index contributed by atoms with van der Waals surface area (Å²) < 4.78 is 27.5. The van der Waals surface area contributed by atoms with Crippen LogP contribution in [0.15, 0.2) is 65.1 Å². The van der Waals surface area contributed by atoms with Gasteiger partial charge in [0.25, 0.3) is 15.9 Å². The smallest absolute Gasteiger partial charge is 0.261 e. The molecule has 0 saturated carbocycles. The minimum Gasteiger partial charge on any atom is -0.348 e. The molecular weight excluding hydrogens is 360 g/mol. The third kappa shape index (κ3) is 4.98. The lowest BCUT2D eigenvalue weighted by Crippen LogP contribution is -2.26. The molecule has 1 aliphatic carbocycles. The molecule has 1 aliphatic rings. The zero-order valence-electron chi connectivity index (χ0n) is 15.4. The molecule has 0 fully saturated rings. The summed E-state index contributed by atoms with van der Waals surface area (Å²) in [6, 6.07) is 13.2. The number of rotatable bonds is 6. The summed E-state index contributed by atoms with van der Waals surface area (Å²) in [4.78, 5) is 12.6. The van der Waals surface area contributed by atoms with E-state index in [0.29, 0.717) is 23.4 Å². The Morgan fingerprint density at radius 1 is 1.07 bits per heavy atom. The predicted octanol–water partition coefficient (Wildman–Crippen LogP) is 4.03. The standard InChI is InChI=1S/C21H24N2O3S/c1-16-14-18(21(24)22-15-17-8-4-2-5-9-17)12-13-20(16)23-27(25,26)19-10-6-3-7-11-19/h3,6-8,10-14,23H,2,4-5,9,15H2,1H3,(H,22,24). The SMILES string of the molecule is Cc1cc(C(=O)NCC2=CCCCC2)ccc1NS(=O)(=O)c1ccccc1. The number of benzene rings is 2. The van der Waals surface area contributed by atoms with Crippen LogP contribution in [-0.4, -0.2) is 20.9 Å². The number of sulfonamides is 1. The molecule has 2 aromatic rings. The Kier molecular flexibility index (Phi) is 5.96. The Bertz CT molecular complexity index is 951. The van der Waals surface area contributed by atoms with Crippen molar-refractivity contribution >= 4 is 21.6 Å². The van der Waals surface area contributed by atoms with Crippen molar-refractivity contribution in [1.29, 1.82) is 0 Å². The van der Waals surface area contributed by atoms with Gasteiger partial charge in [-0.05, 0) is 68.5 Å². The maximum absolute atomic E-state index is 12.5. The van der Waals surface area contributed by atoms with Crippen LogP contribution in [0.1, 0.15) is 41.6 Å². The molecule has 3 rings (SSSR count). The van der Waals surface area contributed by atoms with Gasteiger partial charge < -0.3 is 5.32 Å². The van der Waals surface area contributed by atoms with Crippen molar-refractivity contribution < 1.29 is 13.2 Å². The second kappa shape index (κ2) is 8.39. The van der Waals surface area contributed by atoms with Crippen LogP contribution in [0.4, 0.5) is 5.69 Å². The Balaban J connectivity index is 1.68. The fourth-order valence-electron chi connectivity index (χ4n) is 3.08. The summed E-state index contributed by atoms with van der Waals surface area (Å²) in [7, 11) is -3.65. The lowest BCUT2D eigenvalue weighted by molar-refractivity contribution is 0.0956. The maximum Gasteiger partial charge on any atom is 0.261 e. The molecule has 6 heteroatoms. The topological polar surface area (TPSA) is 75.3 Å². The van der Waals surface area contributed by atoms with E-state index < -0.39 is 10.0 Å². The number of amides is 1. The summed E-state index contributed by atoms with van der Waals surface area (Å²) in [5.74, 6) is -0.151. The molecular formula is C21H24N2O3S. The van der Waals surface area contributed by atoms with Crippen molar-refractivity contribution in [2.24, 2.45) is 0 Å². The molecule has 0 spiro atoms. The van der Waals surface area contributed by atoms with Crippen LogP contribution in [0, 0.1) is 6.92 Å². The molecule has 5 nitrogen and oxygen atoms in total. The quantitative estimate of drug-likeness (QED) is 0.739. The summed E-state index contributed by atoms with van der Waals surface area (Å²) in [6.07, 6.45) is 6.73. The van der Waals surface area contributed by atoms with Gasteiger partial charge in [-0.2, -0.15) is 0 Å². The number of aryl methyl sites for hydroxylation is 1. The van der Waals surface area contributed by atoms with E-state index in [-0.39, 0.29) is 10.8 Å². The van der Waals surface area contributed by atoms with E-state index in [2.05, 4.69) is 16.1 Å². The average Bonchev–Trinajstić information content (AvgIpc) is 2.69. The lowest BCUT2D eigenvalue weighted by atomic mass is 9.99. The van der Waals surface area contributed by atoms with Gasteiger partial charge in [-0.25, -0.2) is 8.42 Å². The highest BCUT2D eigenvalue weighted by molar-refractivity contribution is 7.92. The highest BCUT2D eigenvalue weighted by Crippen LogP contribution is 2.21. The highest BCUT2D eigenvalue weighted by atomic mass is 32.2. The van der Waals surface area contributed by atoms with E-state index >= 15 is 0 Å². The zero-order valence-corrected chi connectivity index (χ0v) is 16.2. The van der Waals surface area contributed by atoms with Crippen LogP contribution < -0.4 is 10.0 Å². The van der Waals surface area contributed by atoms with Crippen LogP contribution >= 0.6 is 0 Å². The number of hydrogen-bond donors (Lipinski definition) is 2. The van der Waals surface area contributed by atoms with E-state index in [1.807, 2.05) is 0 Å². The second-order valence-electron chi connectivity index (χ2n) is 6.74. The molecule has 1 amide bonds. The van der Waals surface area contributed by atoms with Crippen molar-refractivity contribution in [3.05, 3.63) is 71.3 Å². The van der Waals surface area contributed by atoms with Crippen LogP contribution in [0.25, 0.3) is 0 Å². The van der Waals surface area contributed by atoms with Crippen molar-refractivity contribution in [1.82, 2.24) is 5.32 Å². The molecule has 0 aromatic heterocycles. The summed E-state index contributed by atoms with van der Waals surface area (Å²) in [5, 5.41) is 2.94. The fourth-order valence-corrected chi connectivity index (χ4v) is 4.24. The van der Waals surface area contributed by atoms with E-state index in [4.69, 9.17) is 0 Å². The Labute approximate surface area is 160 Å².